The molecule has 0 saturated carbocycles. The normalized spacial score (nSPS) is 11.1. The molecule has 1 aromatic heterocycles. The van der Waals surface area contributed by atoms with E-state index in [1.807, 2.05) is 31.2 Å². The van der Waals surface area contributed by atoms with Gasteiger partial charge >= 0.3 is 0 Å². The molecule has 28 heavy (non-hydrogen) atoms. The molecule has 3 nitrogen and oxygen atoms in total. The molecule has 6 heteroatoms. The number of aromatic nitrogens is 2. The van der Waals surface area contributed by atoms with Crippen LogP contribution in [0.4, 0.5) is 8.78 Å². The number of rotatable bonds is 7. The molecule has 0 fully saturated rings. The van der Waals surface area contributed by atoms with Gasteiger partial charge in [0.1, 0.15) is 17.4 Å². The first kappa shape index (κ1) is 20.3. The van der Waals surface area contributed by atoms with Crippen LogP contribution in [0.1, 0.15) is 43.5 Å². The van der Waals surface area contributed by atoms with Crippen molar-refractivity contribution in [2.24, 2.45) is 0 Å². The Bertz CT molecular complexity index is 943. The Kier molecular flexibility index (Phi) is 6.62. The maximum Gasteiger partial charge on any atom is 0.223 e. The van der Waals surface area contributed by atoms with Crippen molar-refractivity contribution in [3.05, 3.63) is 77.0 Å². The van der Waals surface area contributed by atoms with Crippen molar-refractivity contribution >= 4 is 11.8 Å². The van der Waals surface area contributed by atoms with E-state index in [1.54, 1.807) is 0 Å². The summed E-state index contributed by atoms with van der Waals surface area (Å²) in [4.78, 5) is 8.94. The predicted octanol–water partition coefficient (Wildman–Crippen LogP) is 6.53. The van der Waals surface area contributed by atoms with Gasteiger partial charge in [0.15, 0.2) is 5.16 Å². The lowest BCUT2D eigenvalue weighted by Crippen LogP contribution is -1.98. The van der Waals surface area contributed by atoms with Gasteiger partial charge in [0.05, 0.1) is 0 Å². The molecule has 3 rings (SSSR count). The minimum Gasteiger partial charge on any atom is -0.439 e. The summed E-state index contributed by atoms with van der Waals surface area (Å²) in [7, 11) is 0. The molecule has 146 valence electrons. The second kappa shape index (κ2) is 9.15. The smallest absolute Gasteiger partial charge is 0.223 e. The molecular weight excluding hydrogens is 378 g/mol. The Hall–Kier alpha value is -2.47. The van der Waals surface area contributed by atoms with E-state index in [-0.39, 0.29) is 0 Å². The van der Waals surface area contributed by atoms with E-state index < -0.39 is 11.6 Å². The summed E-state index contributed by atoms with van der Waals surface area (Å²) in [6.07, 6.45) is 0.729. The fourth-order valence-corrected chi connectivity index (χ4v) is 3.45. The molecule has 2 aromatic carbocycles. The van der Waals surface area contributed by atoms with Crippen molar-refractivity contribution < 1.29 is 13.5 Å². The molecule has 1 heterocycles. The summed E-state index contributed by atoms with van der Waals surface area (Å²) in [5, 5.41) is 0.513. The number of benzene rings is 2. The Morgan fingerprint density at radius 1 is 1.00 bits per heavy atom. The van der Waals surface area contributed by atoms with Crippen LogP contribution in [-0.4, -0.2) is 9.97 Å². The third-order valence-electron chi connectivity index (χ3n) is 4.13. The standard InChI is InChI=1S/C22H22F2N2OS/c1-4-19-12-21(27-20-7-5-6-16(10-20)14(2)3)26-22(25-19)28-13-15-8-17(23)11-18(24)9-15/h5-12,14H,4,13H2,1-3H3. The molecule has 0 aliphatic rings. The fraction of sp³-hybridized carbons (Fsp3) is 0.273. The van der Waals surface area contributed by atoms with Gasteiger partial charge in [-0.1, -0.05) is 44.7 Å². The van der Waals surface area contributed by atoms with Crippen molar-refractivity contribution in [1.29, 1.82) is 0 Å². The highest BCUT2D eigenvalue weighted by atomic mass is 32.2. The molecule has 0 aliphatic heterocycles. The lowest BCUT2D eigenvalue weighted by molar-refractivity contribution is 0.453. The molecule has 0 saturated heterocycles. The Morgan fingerprint density at radius 3 is 2.43 bits per heavy atom. The van der Waals surface area contributed by atoms with Crippen molar-refractivity contribution in [1.82, 2.24) is 9.97 Å². The van der Waals surface area contributed by atoms with Gasteiger partial charge in [-0.05, 0) is 47.7 Å². The monoisotopic (exact) mass is 400 g/mol. The maximum absolute atomic E-state index is 13.4. The predicted molar refractivity (Wildman–Crippen MR) is 108 cm³/mol. The summed E-state index contributed by atoms with van der Waals surface area (Å²) in [6, 6.07) is 13.2. The largest absolute Gasteiger partial charge is 0.439 e. The van der Waals surface area contributed by atoms with E-state index >= 15 is 0 Å². The summed E-state index contributed by atoms with van der Waals surface area (Å²) >= 11 is 1.32. The third kappa shape index (κ3) is 5.52. The lowest BCUT2D eigenvalue weighted by atomic mass is 10.0. The SMILES string of the molecule is CCc1cc(Oc2cccc(C(C)C)c2)nc(SCc2cc(F)cc(F)c2)n1. The first-order chi connectivity index (χ1) is 13.4. The van der Waals surface area contributed by atoms with Crippen LogP contribution in [0, 0.1) is 11.6 Å². The molecule has 0 atom stereocenters. The molecule has 3 aromatic rings. The van der Waals surface area contributed by atoms with Gasteiger partial charge < -0.3 is 4.74 Å². The van der Waals surface area contributed by atoms with E-state index in [2.05, 4.69) is 29.9 Å². The van der Waals surface area contributed by atoms with Crippen LogP contribution < -0.4 is 4.74 Å². The van der Waals surface area contributed by atoms with Crippen LogP contribution >= 0.6 is 11.8 Å². The van der Waals surface area contributed by atoms with Crippen molar-refractivity contribution in [2.45, 2.75) is 44.0 Å². The fourth-order valence-electron chi connectivity index (χ4n) is 2.65. The van der Waals surface area contributed by atoms with Crippen molar-refractivity contribution in [3.8, 4) is 11.6 Å². The topological polar surface area (TPSA) is 35.0 Å². The van der Waals surface area contributed by atoms with Crippen LogP contribution in [-0.2, 0) is 12.2 Å². The number of thioether (sulfide) groups is 1. The molecular formula is C22H22F2N2OS. The maximum atomic E-state index is 13.4. The Morgan fingerprint density at radius 2 is 1.75 bits per heavy atom. The molecule has 0 amide bonds. The number of nitrogens with zero attached hydrogens (tertiary/aromatic N) is 2. The highest BCUT2D eigenvalue weighted by molar-refractivity contribution is 7.98. The highest BCUT2D eigenvalue weighted by Crippen LogP contribution is 2.27. The van der Waals surface area contributed by atoms with Gasteiger partial charge in [-0.3, -0.25) is 0 Å². The van der Waals surface area contributed by atoms with Gasteiger partial charge in [0.2, 0.25) is 5.88 Å². The van der Waals surface area contributed by atoms with Gasteiger partial charge in [0, 0.05) is 23.6 Å². The second-order valence-corrected chi connectivity index (χ2v) is 7.67. The van der Waals surface area contributed by atoms with E-state index in [0.717, 1.165) is 23.9 Å². The Labute approximate surface area is 168 Å². The third-order valence-corrected chi connectivity index (χ3v) is 5.05. The van der Waals surface area contributed by atoms with Crippen LogP contribution in [0.25, 0.3) is 0 Å². The molecule has 0 spiro atoms. The zero-order chi connectivity index (χ0) is 20.1. The number of halogens is 2. The zero-order valence-electron chi connectivity index (χ0n) is 16.1. The van der Waals surface area contributed by atoms with Crippen LogP contribution in [0.5, 0.6) is 11.6 Å². The molecule has 0 aliphatic carbocycles. The van der Waals surface area contributed by atoms with Crippen molar-refractivity contribution in [3.63, 3.8) is 0 Å². The van der Waals surface area contributed by atoms with Crippen molar-refractivity contribution in [2.75, 3.05) is 0 Å². The van der Waals surface area contributed by atoms with Crippen LogP contribution in [0.2, 0.25) is 0 Å². The van der Waals surface area contributed by atoms with Gasteiger partial charge in [-0.25, -0.2) is 13.8 Å². The first-order valence-electron chi connectivity index (χ1n) is 9.16. The molecule has 0 bridgehead atoms. The van der Waals surface area contributed by atoms with Crippen LogP contribution in [0.15, 0.2) is 53.7 Å². The number of hydrogen-bond acceptors (Lipinski definition) is 4. The lowest BCUT2D eigenvalue weighted by Gasteiger charge is -2.11. The number of aryl methyl sites for hydroxylation is 1. The minimum atomic E-state index is -0.590. The molecule has 0 N–H and O–H groups in total. The van der Waals surface area contributed by atoms with Gasteiger partial charge in [-0.15, -0.1) is 0 Å². The van der Waals surface area contributed by atoms with Gasteiger partial charge in [0.25, 0.3) is 0 Å². The van der Waals surface area contributed by atoms with Gasteiger partial charge in [-0.2, -0.15) is 4.98 Å². The summed E-state index contributed by atoms with van der Waals surface area (Å²) in [5.74, 6) is 0.763. The number of ether oxygens (including phenoxy) is 1. The van der Waals surface area contributed by atoms with E-state index in [4.69, 9.17) is 4.74 Å². The van der Waals surface area contributed by atoms with E-state index in [0.29, 0.717) is 28.3 Å². The van der Waals surface area contributed by atoms with E-state index in [1.165, 1.54) is 29.5 Å². The molecule has 0 radical (unpaired) electrons. The summed E-state index contributed by atoms with van der Waals surface area (Å²) < 4.78 is 32.7. The second-order valence-electron chi connectivity index (χ2n) is 6.73. The Balaban J connectivity index is 1.78. The summed E-state index contributed by atoms with van der Waals surface area (Å²) in [5.41, 5.74) is 2.57. The number of hydrogen-bond donors (Lipinski definition) is 0. The minimum absolute atomic E-state index is 0.365. The average Bonchev–Trinajstić information content (AvgIpc) is 2.65. The summed E-state index contributed by atoms with van der Waals surface area (Å²) in [6.45, 7) is 6.26. The van der Waals surface area contributed by atoms with E-state index in [9.17, 15) is 8.78 Å². The average molecular weight is 400 g/mol. The highest BCUT2D eigenvalue weighted by Gasteiger charge is 2.09. The zero-order valence-corrected chi connectivity index (χ0v) is 16.9. The first-order valence-corrected chi connectivity index (χ1v) is 10.1. The van der Waals surface area contributed by atoms with Crippen LogP contribution in [0.3, 0.4) is 0 Å². The quantitative estimate of drug-likeness (QED) is 0.334. The molecule has 0 unspecified atom stereocenters.